The van der Waals surface area contributed by atoms with Crippen molar-refractivity contribution in [1.82, 2.24) is 0 Å². The van der Waals surface area contributed by atoms with Crippen LogP contribution in [0.1, 0.15) is 24.0 Å². The van der Waals surface area contributed by atoms with Gasteiger partial charge in [-0.15, -0.1) is 0 Å². The Morgan fingerprint density at radius 3 is 2.78 bits per heavy atom. The summed E-state index contributed by atoms with van der Waals surface area (Å²) in [5.41, 5.74) is 2.81. The zero-order valence-corrected chi connectivity index (χ0v) is 12.0. The van der Waals surface area contributed by atoms with Gasteiger partial charge in [-0.1, -0.05) is 22.0 Å². The molecule has 0 heterocycles. The largest absolute Gasteiger partial charge is 0.492 e. The zero-order chi connectivity index (χ0) is 13.0. The lowest BCUT2D eigenvalue weighted by atomic mass is 9.92. The number of aryl methyl sites for hydroxylation is 2. The molecule has 0 saturated heterocycles. The van der Waals surface area contributed by atoms with E-state index in [-0.39, 0.29) is 12.6 Å². The molecule has 0 fully saturated rings. The van der Waals surface area contributed by atoms with E-state index in [1.54, 1.807) is 0 Å². The van der Waals surface area contributed by atoms with Crippen LogP contribution in [0, 0.1) is 0 Å². The number of ether oxygens (including phenoxy) is 2. The van der Waals surface area contributed by atoms with Crippen molar-refractivity contribution in [2.24, 2.45) is 0 Å². The van der Waals surface area contributed by atoms with E-state index in [1.807, 2.05) is 6.07 Å². The molecule has 0 N–H and O–H groups in total. The van der Waals surface area contributed by atoms with Crippen molar-refractivity contribution < 1.29 is 14.3 Å². The highest BCUT2D eigenvalue weighted by Gasteiger charge is 2.16. The van der Waals surface area contributed by atoms with Crippen molar-refractivity contribution in [3.63, 3.8) is 0 Å². The smallest absolute Gasteiger partial charge is 0.322 e. The molecule has 0 saturated carbocycles. The first-order valence-electron chi connectivity index (χ1n) is 6.17. The van der Waals surface area contributed by atoms with Crippen LogP contribution in [0.4, 0.5) is 0 Å². The van der Waals surface area contributed by atoms with Crippen molar-refractivity contribution in [2.45, 2.75) is 30.5 Å². The van der Waals surface area contributed by atoms with Gasteiger partial charge in [-0.25, -0.2) is 0 Å². The summed E-state index contributed by atoms with van der Waals surface area (Å²) >= 11 is 3.24. The normalized spacial score (nSPS) is 15.7. The summed E-state index contributed by atoms with van der Waals surface area (Å²) in [6, 6.07) is 6.19. The topological polar surface area (TPSA) is 35.5 Å². The third-order valence-electron chi connectivity index (χ3n) is 3.17. The Kier molecular flexibility index (Phi) is 4.64. The highest BCUT2D eigenvalue weighted by Crippen LogP contribution is 2.25. The summed E-state index contributed by atoms with van der Waals surface area (Å²) < 4.78 is 10.2. The molecule has 0 aliphatic heterocycles. The lowest BCUT2D eigenvalue weighted by molar-refractivity contribution is -0.140. The van der Waals surface area contributed by atoms with Crippen molar-refractivity contribution in [3.8, 4) is 5.75 Å². The maximum absolute atomic E-state index is 11.2. The van der Waals surface area contributed by atoms with Gasteiger partial charge in [-0.3, -0.25) is 4.79 Å². The van der Waals surface area contributed by atoms with E-state index in [1.165, 1.54) is 37.5 Å². The number of alkyl halides is 1. The summed E-state index contributed by atoms with van der Waals surface area (Å²) in [5.74, 6) is 0.511. The molecule has 1 unspecified atom stereocenters. The first-order chi connectivity index (χ1) is 8.70. The average molecular weight is 313 g/mol. The van der Waals surface area contributed by atoms with Crippen LogP contribution in [-0.2, 0) is 22.4 Å². The minimum atomic E-state index is -0.418. The van der Waals surface area contributed by atoms with Crippen molar-refractivity contribution >= 4 is 21.9 Å². The molecule has 98 valence electrons. The van der Waals surface area contributed by atoms with Crippen molar-refractivity contribution in [2.75, 3.05) is 13.7 Å². The number of methoxy groups -OCH3 is 1. The maximum Gasteiger partial charge on any atom is 0.322 e. The quantitative estimate of drug-likeness (QED) is 0.633. The number of fused-ring (bicyclic) bond motifs is 1. The predicted octanol–water partition coefficient (Wildman–Crippen LogP) is 2.88. The van der Waals surface area contributed by atoms with Gasteiger partial charge in [0, 0.05) is 0 Å². The maximum atomic E-state index is 11.2. The molecule has 0 spiro atoms. The van der Waals surface area contributed by atoms with E-state index in [0.29, 0.717) is 0 Å². The molecule has 2 rings (SSSR count). The van der Waals surface area contributed by atoms with Gasteiger partial charge in [0.25, 0.3) is 0 Å². The Bertz CT molecular complexity index is 431. The minimum absolute atomic E-state index is 0.283. The molecule has 0 bridgehead atoms. The summed E-state index contributed by atoms with van der Waals surface area (Å²) in [5, 5.41) is 0. The standard InChI is InChI=1S/C14H17BrO3/c1-17-14(16)13(15)9-18-12-7-6-10-4-2-3-5-11(10)8-12/h6-8,13H,2-5,9H2,1H3. The van der Waals surface area contributed by atoms with E-state index in [0.717, 1.165) is 12.2 Å². The van der Waals surface area contributed by atoms with Gasteiger partial charge in [-0.05, 0) is 48.9 Å². The summed E-state index contributed by atoms with van der Waals surface area (Å²) in [6.07, 6.45) is 4.82. The summed E-state index contributed by atoms with van der Waals surface area (Å²) in [4.78, 5) is 10.8. The molecule has 1 aliphatic carbocycles. The highest BCUT2D eigenvalue weighted by atomic mass is 79.9. The van der Waals surface area contributed by atoms with Crippen LogP contribution in [0.25, 0.3) is 0 Å². The number of hydrogen-bond donors (Lipinski definition) is 0. The van der Waals surface area contributed by atoms with Crippen LogP contribution < -0.4 is 4.74 Å². The van der Waals surface area contributed by atoms with Gasteiger partial charge in [0.05, 0.1) is 7.11 Å². The number of carbonyl (C=O) groups is 1. The van der Waals surface area contributed by atoms with Crippen molar-refractivity contribution in [3.05, 3.63) is 29.3 Å². The monoisotopic (exact) mass is 312 g/mol. The first-order valence-corrected chi connectivity index (χ1v) is 7.09. The molecule has 18 heavy (non-hydrogen) atoms. The molecule has 0 radical (unpaired) electrons. The van der Waals surface area contributed by atoms with E-state index in [2.05, 4.69) is 32.8 Å². The minimum Gasteiger partial charge on any atom is -0.492 e. The van der Waals surface area contributed by atoms with Crippen LogP contribution in [0.3, 0.4) is 0 Å². The number of carbonyl (C=O) groups excluding carboxylic acids is 1. The molecule has 1 aromatic carbocycles. The number of hydrogen-bond acceptors (Lipinski definition) is 3. The number of halogens is 1. The summed E-state index contributed by atoms with van der Waals surface area (Å²) in [7, 11) is 1.37. The van der Waals surface area contributed by atoms with Gasteiger partial charge in [0.1, 0.15) is 17.2 Å². The molecular weight excluding hydrogens is 296 g/mol. The van der Waals surface area contributed by atoms with Gasteiger partial charge < -0.3 is 9.47 Å². The lowest BCUT2D eigenvalue weighted by Crippen LogP contribution is -2.23. The van der Waals surface area contributed by atoms with Crippen molar-refractivity contribution in [1.29, 1.82) is 0 Å². The van der Waals surface area contributed by atoms with E-state index < -0.39 is 4.83 Å². The fourth-order valence-corrected chi connectivity index (χ4v) is 2.48. The SMILES string of the molecule is COC(=O)C(Br)COc1ccc2c(c1)CCCC2. The third-order valence-corrected chi connectivity index (χ3v) is 3.81. The molecule has 1 aliphatic rings. The molecule has 3 nitrogen and oxygen atoms in total. The Morgan fingerprint density at radius 1 is 1.33 bits per heavy atom. The molecule has 4 heteroatoms. The predicted molar refractivity (Wildman–Crippen MR) is 73.3 cm³/mol. The zero-order valence-electron chi connectivity index (χ0n) is 10.4. The lowest BCUT2D eigenvalue weighted by Gasteiger charge is -2.17. The van der Waals surface area contributed by atoms with Crippen LogP contribution in [-0.4, -0.2) is 24.5 Å². The molecule has 1 atom stereocenters. The molecular formula is C14H17BrO3. The fraction of sp³-hybridized carbons (Fsp3) is 0.500. The van der Waals surface area contributed by atoms with Gasteiger partial charge in [0.15, 0.2) is 0 Å². The molecule has 1 aromatic rings. The Labute approximate surface area is 116 Å². The fourth-order valence-electron chi connectivity index (χ4n) is 2.16. The van der Waals surface area contributed by atoms with E-state index >= 15 is 0 Å². The second-order valence-corrected chi connectivity index (χ2v) is 5.54. The van der Waals surface area contributed by atoms with Crippen LogP contribution in [0.5, 0.6) is 5.75 Å². The van der Waals surface area contributed by atoms with Crippen LogP contribution in [0.2, 0.25) is 0 Å². The Morgan fingerprint density at radius 2 is 2.06 bits per heavy atom. The Balaban J connectivity index is 1.96. The van der Waals surface area contributed by atoms with Gasteiger partial charge in [0.2, 0.25) is 0 Å². The second-order valence-electron chi connectivity index (χ2n) is 4.44. The number of rotatable bonds is 4. The van der Waals surface area contributed by atoms with E-state index in [4.69, 9.17) is 4.74 Å². The van der Waals surface area contributed by atoms with Crippen LogP contribution >= 0.6 is 15.9 Å². The number of esters is 1. The summed E-state index contributed by atoms with van der Waals surface area (Å²) in [6.45, 7) is 0.283. The first kappa shape index (κ1) is 13.4. The van der Waals surface area contributed by atoms with Crippen LogP contribution in [0.15, 0.2) is 18.2 Å². The molecule has 0 amide bonds. The third kappa shape index (κ3) is 3.25. The van der Waals surface area contributed by atoms with Gasteiger partial charge >= 0.3 is 5.97 Å². The average Bonchev–Trinajstić information content (AvgIpc) is 2.43. The molecule has 0 aromatic heterocycles. The Hall–Kier alpha value is -1.03. The highest BCUT2D eigenvalue weighted by molar-refractivity contribution is 9.10. The van der Waals surface area contributed by atoms with E-state index in [9.17, 15) is 4.79 Å². The van der Waals surface area contributed by atoms with Gasteiger partial charge in [-0.2, -0.15) is 0 Å². The number of benzene rings is 1. The second kappa shape index (κ2) is 6.23.